The zero-order valence-corrected chi connectivity index (χ0v) is 16.7. The predicted octanol–water partition coefficient (Wildman–Crippen LogP) is 3.58. The molecule has 0 spiro atoms. The van der Waals surface area contributed by atoms with Crippen LogP contribution in [0.15, 0.2) is 48.7 Å². The maximum Gasteiger partial charge on any atom is 0.422 e. The maximum atomic E-state index is 12.4. The number of carbonyl (C=O) groups excluding carboxylic acids is 2. The molecule has 10 heteroatoms. The van der Waals surface area contributed by atoms with Crippen molar-refractivity contribution in [2.75, 3.05) is 25.0 Å². The van der Waals surface area contributed by atoms with E-state index in [2.05, 4.69) is 20.4 Å². The van der Waals surface area contributed by atoms with Crippen LogP contribution in [-0.2, 0) is 11.3 Å². The molecule has 166 valence electrons. The number of anilines is 1. The van der Waals surface area contributed by atoms with E-state index in [0.717, 1.165) is 5.69 Å². The molecule has 0 saturated carbocycles. The Kier molecular flexibility index (Phi) is 7.32. The SMILES string of the molecule is O=C(Nc1ccccc1)C1CCN(C(=O)NCc2ccc(OCC(F)(F)F)nc2)CC1. The van der Waals surface area contributed by atoms with Crippen LogP contribution >= 0.6 is 0 Å². The molecule has 0 atom stereocenters. The van der Waals surface area contributed by atoms with Crippen molar-refractivity contribution in [2.45, 2.75) is 25.6 Å². The van der Waals surface area contributed by atoms with Gasteiger partial charge >= 0.3 is 12.2 Å². The van der Waals surface area contributed by atoms with Gasteiger partial charge in [-0.05, 0) is 30.5 Å². The second-order valence-electron chi connectivity index (χ2n) is 7.18. The summed E-state index contributed by atoms with van der Waals surface area (Å²) >= 11 is 0. The third-order valence-corrected chi connectivity index (χ3v) is 4.82. The number of ether oxygens (including phenoxy) is 1. The van der Waals surface area contributed by atoms with Crippen molar-refractivity contribution in [3.63, 3.8) is 0 Å². The van der Waals surface area contributed by atoms with E-state index in [9.17, 15) is 22.8 Å². The van der Waals surface area contributed by atoms with Gasteiger partial charge in [-0.1, -0.05) is 24.3 Å². The Bertz CT molecular complexity index is 868. The summed E-state index contributed by atoms with van der Waals surface area (Å²) in [5.41, 5.74) is 1.38. The van der Waals surface area contributed by atoms with E-state index in [0.29, 0.717) is 31.5 Å². The molecular weight excluding hydrogens is 413 g/mol. The lowest BCUT2D eigenvalue weighted by atomic mass is 9.96. The van der Waals surface area contributed by atoms with Gasteiger partial charge in [0.2, 0.25) is 11.8 Å². The van der Waals surface area contributed by atoms with Crippen molar-refractivity contribution >= 4 is 17.6 Å². The van der Waals surface area contributed by atoms with E-state index < -0.39 is 12.8 Å². The Morgan fingerprint density at radius 1 is 1.10 bits per heavy atom. The number of halogens is 3. The van der Waals surface area contributed by atoms with Crippen LogP contribution in [0.4, 0.5) is 23.7 Å². The Morgan fingerprint density at radius 2 is 1.81 bits per heavy atom. The number of hydrogen-bond acceptors (Lipinski definition) is 4. The zero-order valence-electron chi connectivity index (χ0n) is 16.7. The second kappa shape index (κ2) is 10.1. The summed E-state index contributed by atoms with van der Waals surface area (Å²) in [4.78, 5) is 30.2. The Labute approximate surface area is 177 Å². The van der Waals surface area contributed by atoms with Gasteiger partial charge in [0.05, 0.1) is 0 Å². The van der Waals surface area contributed by atoms with Crippen molar-refractivity contribution < 1.29 is 27.5 Å². The van der Waals surface area contributed by atoms with Crippen LogP contribution < -0.4 is 15.4 Å². The van der Waals surface area contributed by atoms with Gasteiger partial charge in [0.15, 0.2) is 6.61 Å². The highest BCUT2D eigenvalue weighted by atomic mass is 19.4. The molecule has 1 aromatic carbocycles. The van der Waals surface area contributed by atoms with Gasteiger partial charge in [-0.2, -0.15) is 13.2 Å². The van der Waals surface area contributed by atoms with Crippen LogP contribution in [0, 0.1) is 5.92 Å². The smallest absolute Gasteiger partial charge is 0.422 e. The molecule has 7 nitrogen and oxygen atoms in total. The van der Waals surface area contributed by atoms with Crippen LogP contribution in [0.5, 0.6) is 5.88 Å². The van der Waals surface area contributed by atoms with Crippen LogP contribution in [0.3, 0.4) is 0 Å². The quantitative estimate of drug-likeness (QED) is 0.725. The number of alkyl halides is 3. The average Bonchev–Trinajstić information content (AvgIpc) is 2.77. The summed E-state index contributed by atoms with van der Waals surface area (Å²) in [7, 11) is 0. The van der Waals surface area contributed by atoms with Crippen LogP contribution in [0.1, 0.15) is 18.4 Å². The van der Waals surface area contributed by atoms with Gasteiger partial charge in [0.1, 0.15) is 0 Å². The number of likely N-dealkylation sites (tertiary alicyclic amines) is 1. The molecule has 2 heterocycles. The van der Waals surface area contributed by atoms with Crippen molar-refractivity contribution in [3.05, 3.63) is 54.2 Å². The number of hydrogen-bond donors (Lipinski definition) is 2. The first-order valence-electron chi connectivity index (χ1n) is 9.83. The van der Waals surface area contributed by atoms with Gasteiger partial charge in [0, 0.05) is 43.5 Å². The molecule has 3 rings (SSSR count). The van der Waals surface area contributed by atoms with Crippen LogP contribution in [0.2, 0.25) is 0 Å². The molecule has 0 bridgehead atoms. The highest BCUT2D eigenvalue weighted by Gasteiger charge is 2.29. The summed E-state index contributed by atoms with van der Waals surface area (Å²) in [6.45, 7) is -0.308. The number of amides is 3. The molecule has 2 N–H and O–H groups in total. The van der Waals surface area contributed by atoms with Gasteiger partial charge in [-0.15, -0.1) is 0 Å². The second-order valence-corrected chi connectivity index (χ2v) is 7.18. The van der Waals surface area contributed by atoms with E-state index in [-0.39, 0.29) is 30.3 Å². The van der Waals surface area contributed by atoms with E-state index in [1.807, 2.05) is 30.3 Å². The molecule has 1 saturated heterocycles. The summed E-state index contributed by atoms with van der Waals surface area (Å²) in [5.74, 6) is -0.342. The lowest BCUT2D eigenvalue weighted by Gasteiger charge is -2.31. The minimum Gasteiger partial charge on any atom is -0.468 e. The fourth-order valence-electron chi connectivity index (χ4n) is 3.16. The number of para-hydroxylation sites is 1. The van der Waals surface area contributed by atoms with Gasteiger partial charge in [0.25, 0.3) is 0 Å². The van der Waals surface area contributed by atoms with Crippen molar-refractivity contribution in [1.29, 1.82) is 0 Å². The summed E-state index contributed by atoms with van der Waals surface area (Å²) < 4.78 is 41.0. The number of pyridine rings is 1. The van der Waals surface area contributed by atoms with E-state index in [1.54, 1.807) is 11.0 Å². The zero-order chi connectivity index (χ0) is 22.3. The standard InChI is InChI=1S/C21H23F3N4O3/c22-21(23,24)14-31-18-7-6-15(12-25-18)13-26-20(30)28-10-8-16(9-11-28)19(29)27-17-4-2-1-3-5-17/h1-7,12,16H,8-11,13-14H2,(H,26,30)(H,27,29). The lowest BCUT2D eigenvalue weighted by molar-refractivity contribution is -0.154. The third kappa shape index (κ3) is 7.16. The topological polar surface area (TPSA) is 83.6 Å². The maximum absolute atomic E-state index is 12.4. The van der Waals surface area contributed by atoms with Gasteiger partial charge in [-0.3, -0.25) is 4.79 Å². The number of rotatable bonds is 6. The summed E-state index contributed by atoms with van der Waals surface area (Å²) in [5, 5.41) is 5.64. The molecule has 1 aliphatic heterocycles. The molecule has 0 unspecified atom stereocenters. The first-order valence-corrected chi connectivity index (χ1v) is 9.83. The normalized spacial score (nSPS) is 14.7. The number of benzene rings is 1. The Morgan fingerprint density at radius 3 is 2.42 bits per heavy atom. The average molecular weight is 436 g/mol. The summed E-state index contributed by atoms with van der Waals surface area (Å²) in [6.07, 6.45) is -1.94. The number of aromatic nitrogens is 1. The predicted molar refractivity (Wildman–Crippen MR) is 107 cm³/mol. The fourth-order valence-corrected chi connectivity index (χ4v) is 3.16. The molecule has 1 fully saturated rings. The summed E-state index contributed by atoms with van der Waals surface area (Å²) in [6, 6.07) is 11.8. The van der Waals surface area contributed by atoms with Crippen molar-refractivity contribution in [1.82, 2.24) is 15.2 Å². The molecule has 1 aromatic heterocycles. The number of piperidine rings is 1. The van der Waals surface area contributed by atoms with E-state index in [4.69, 9.17) is 0 Å². The van der Waals surface area contributed by atoms with Gasteiger partial charge in [-0.25, -0.2) is 9.78 Å². The molecule has 0 aliphatic carbocycles. The molecule has 3 amide bonds. The van der Waals surface area contributed by atoms with Crippen LogP contribution in [-0.4, -0.2) is 47.7 Å². The first-order chi connectivity index (χ1) is 14.8. The first kappa shape index (κ1) is 22.4. The highest BCUT2D eigenvalue weighted by molar-refractivity contribution is 5.92. The van der Waals surface area contributed by atoms with E-state index in [1.165, 1.54) is 12.3 Å². The van der Waals surface area contributed by atoms with Gasteiger partial charge < -0.3 is 20.3 Å². The number of urea groups is 1. The molecule has 1 aliphatic rings. The highest BCUT2D eigenvalue weighted by Crippen LogP contribution is 2.20. The third-order valence-electron chi connectivity index (χ3n) is 4.82. The Hall–Kier alpha value is -3.30. The van der Waals surface area contributed by atoms with Crippen molar-refractivity contribution in [3.8, 4) is 5.88 Å². The number of nitrogens with one attached hydrogen (secondary N) is 2. The monoisotopic (exact) mass is 436 g/mol. The lowest BCUT2D eigenvalue weighted by Crippen LogP contribution is -2.45. The molecular formula is C21H23F3N4O3. The molecule has 0 radical (unpaired) electrons. The fraction of sp³-hybridized carbons (Fsp3) is 0.381. The largest absolute Gasteiger partial charge is 0.468 e. The molecule has 2 aromatic rings. The Balaban J connectivity index is 1.39. The minimum absolute atomic E-state index is 0.0508. The number of carbonyl (C=O) groups is 2. The van der Waals surface area contributed by atoms with Crippen molar-refractivity contribution in [2.24, 2.45) is 5.92 Å². The molecule has 31 heavy (non-hydrogen) atoms. The van der Waals surface area contributed by atoms with Crippen LogP contribution in [0.25, 0.3) is 0 Å². The number of nitrogens with zero attached hydrogens (tertiary/aromatic N) is 2. The minimum atomic E-state index is -4.43. The van der Waals surface area contributed by atoms with E-state index >= 15 is 0 Å².